The summed E-state index contributed by atoms with van der Waals surface area (Å²) in [5, 5.41) is 17.1. The van der Waals surface area contributed by atoms with Crippen LogP contribution in [0.2, 0.25) is 0 Å². The minimum atomic E-state index is -0.592. The average Bonchev–Trinajstić information content (AvgIpc) is 3.03. The zero-order chi connectivity index (χ0) is 17.5. The number of ether oxygens (including phenoxy) is 1. The summed E-state index contributed by atoms with van der Waals surface area (Å²) in [5.41, 5.74) is 0.555. The Morgan fingerprint density at radius 2 is 2.08 bits per heavy atom. The highest BCUT2D eigenvalue weighted by atomic mass is 16.6. The molecular weight excluding hydrogens is 316 g/mol. The number of rotatable bonds is 7. The fraction of sp³-hybridized carbons (Fsp3) is 0.267. The summed E-state index contributed by atoms with van der Waals surface area (Å²) >= 11 is 0. The van der Waals surface area contributed by atoms with E-state index in [1.54, 1.807) is 24.3 Å². The highest BCUT2D eigenvalue weighted by Crippen LogP contribution is 2.17. The number of methoxy groups -OCH3 is 1. The van der Waals surface area contributed by atoms with Crippen LogP contribution in [0, 0.1) is 10.1 Å². The molecule has 2 aromatic rings. The maximum atomic E-state index is 12.2. The molecule has 0 spiro atoms. The van der Waals surface area contributed by atoms with Crippen molar-refractivity contribution < 1.29 is 19.2 Å². The van der Waals surface area contributed by atoms with Crippen LogP contribution in [0.4, 0.5) is 5.69 Å². The van der Waals surface area contributed by atoms with Gasteiger partial charge in [0.15, 0.2) is 0 Å². The number of carbonyl (C=O) groups excluding carboxylic acids is 2. The molecule has 24 heavy (non-hydrogen) atoms. The monoisotopic (exact) mass is 332 g/mol. The Hall–Kier alpha value is -3.23. The second-order valence-electron chi connectivity index (χ2n) is 4.96. The van der Waals surface area contributed by atoms with Crippen molar-refractivity contribution in [2.24, 2.45) is 0 Å². The Morgan fingerprint density at radius 3 is 2.67 bits per heavy atom. The van der Waals surface area contributed by atoms with Crippen LogP contribution < -0.4 is 5.32 Å². The number of hydrogen-bond donors (Lipinski definition) is 1. The predicted octanol–water partition coefficient (Wildman–Crippen LogP) is 1.21. The Labute approximate surface area is 137 Å². The summed E-state index contributed by atoms with van der Waals surface area (Å²) < 4.78 is 5.81. The lowest BCUT2D eigenvalue weighted by molar-refractivity contribution is -0.385. The van der Waals surface area contributed by atoms with Crippen molar-refractivity contribution in [2.45, 2.75) is 19.0 Å². The first-order chi connectivity index (χ1) is 11.5. The average molecular weight is 332 g/mol. The second kappa shape index (κ2) is 7.86. The van der Waals surface area contributed by atoms with Crippen molar-refractivity contribution in [1.29, 1.82) is 0 Å². The molecule has 9 heteroatoms. The summed E-state index contributed by atoms with van der Waals surface area (Å²) in [5.74, 6) is -0.885. The van der Waals surface area contributed by atoms with Crippen molar-refractivity contribution in [3.8, 4) is 0 Å². The fourth-order valence-corrected chi connectivity index (χ4v) is 2.11. The van der Waals surface area contributed by atoms with Gasteiger partial charge in [0, 0.05) is 0 Å². The van der Waals surface area contributed by atoms with Gasteiger partial charge in [0.2, 0.25) is 5.91 Å². The quantitative estimate of drug-likeness (QED) is 0.463. The van der Waals surface area contributed by atoms with Crippen LogP contribution in [0.1, 0.15) is 18.0 Å². The zero-order valence-corrected chi connectivity index (χ0v) is 12.9. The molecule has 1 N–H and O–H groups in total. The van der Waals surface area contributed by atoms with Gasteiger partial charge in [-0.25, -0.2) is 0 Å². The van der Waals surface area contributed by atoms with E-state index >= 15 is 0 Å². The van der Waals surface area contributed by atoms with Crippen molar-refractivity contribution in [2.75, 3.05) is 7.11 Å². The number of benzene rings is 1. The Kier molecular flexibility index (Phi) is 5.61. The minimum Gasteiger partial charge on any atom is -0.469 e. The van der Waals surface area contributed by atoms with Gasteiger partial charge in [-0.1, -0.05) is 30.3 Å². The molecule has 2 rings (SSSR count). The summed E-state index contributed by atoms with van der Waals surface area (Å²) in [6.07, 6.45) is 2.21. The lowest BCUT2D eigenvalue weighted by Gasteiger charge is -2.18. The Balaban J connectivity index is 2.06. The van der Waals surface area contributed by atoms with E-state index in [0.717, 1.165) is 22.6 Å². The third kappa shape index (κ3) is 4.63. The molecule has 0 saturated carbocycles. The maximum Gasteiger partial charge on any atom is 0.307 e. The molecule has 0 aliphatic carbocycles. The summed E-state index contributed by atoms with van der Waals surface area (Å²) in [6, 6.07) is 8.42. The van der Waals surface area contributed by atoms with Crippen LogP contribution in [-0.4, -0.2) is 33.7 Å². The molecule has 0 bridgehead atoms. The molecule has 0 aliphatic heterocycles. The topological polar surface area (TPSA) is 116 Å². The molecule has 126 valence electrons. The first kappa shape index (κ1) is 17.1. The predicted molar refractivity (Wildman–Crippen MR) is 82.8 cm³/mol. The van der Waals surface area contributed by atoms with Gasteiger partial charge in [-0.3, -0.25) is 24.4 Å². The number of hydrogen-bond acceptors (Lipinski definition) is 6. The molecule has 1 aromatic carbocycles. The molecule has 0 fully saturated rings. The molecule has 1 heterocycles. The van der Waals surface area contributed by atoms with E-state index in [4.69, 9.17) is 0 Å². The molecule has 9 nitrogen and oxygen atoms in total. The van der Waals surface area contributed by atoms with Crippen molar-refractivity contribution in [3.63, 3.8) is 0 Å². The number of nitro groups is 1. The van der Waals surface area contributed by atoms with Crippen molar-refractivity contribution in [3.05, 3.63) is 58.4 Å². The molecule has 1 aromatic heterocycles. The molecule has 1 atom stereocenters. The lowest BCUT2D eigenvalue weighted by atomic mass is 10.0. The first-order valence-electron chi connectivity index (χ1n) is 7.07. The van der Waals surface area contributed by atoms with Gasteiger partial charge in [0.1, 0.15) is 18.9 Å². The number of aromatic nitrogens is 2. The number of nitrogens with one attached hydrogen (secondary N) is 1. The molecule has 1 unspecified atom stereocenters. The van der Waals surface area contributed by atoms with Crippen LogP contribution in [-0.2, 0) is 20.9 Å². The van der Waals surface area contributed by atoms with Gasteiger partial charge >= 0.3 is 11.7 Å². The van der Waals surface area contributed by atoms with Crippen LogP contribution in [0.3, 0.4) is 0 Å². The number of amides is 1. The van der Waals surface area contributed by atoms with E-state index in [1.807, 2.05) is 6.07 Å². The summed E-state index contributed by atoms with van der Waals surface area (Å²) in [6.45, 7) is -0.196. The molecule has 1 amide bonds. The van der Waals surface area contributed by atoms with E-state index < -0.39 is 22.8 Å². The minimum absolute atomic E-state index is 0.0223. The number of nitrogens with zero attached hydrogens (tertiary/aromatic N) is 3. The lowest BCUT2D eigenvalue weighted by Crippen LogP contribution is -2.33. The van der Waals surface area contributed by atoms with E-state index in [9.17, 15) is 19.7 Å². The Bertz CT molecular complexity index is 728. The fourth-order valence-electron chi connectivity index (χ4n) is 2.11. The van der Waals surface area contributed by atoms with Gasteiger partial charge in [0.25, 0.3) is 0 Å². The highest BCUT2D eigenvalue weighted by Gasteiger charge is 2.19. The van der Waals surface area contributed by atoms with Crippen molar-refractivity contribution >= 4 is 17.6 Å². The van der Waals surface area contributed by atoms with Gasteiger partial charge in [-0.05, 0) is 5.56 Å². The van der Waals surface area contributed by atoms with E-state index in [1.165, 1.54) is 7.11 Å². The van der Waals surface area contributed by atoms with Gasteiger partial charge in [-0.2, -0.15) is 5.10 Å². The summed E-state index contributed by atoms with van der Waals surface area (Å²) in [7, 11) is 1.27. The standard InChI is InChI=1S/C15H16N4O5/c1-24-15(21)7-13(11-5-3-2-4-6-11)17-14(20)10-18-9-12(8-16-18)19(22)23/h2-6,8-9,13H,7,10H2,1H3,(H,17,20). The highest BCUT2D eigenvalue weighted by molar-refractivity contribution is 5.78. The second-order valence-corrected chi connectivity index (χ2v) is 4.96. The smallest absolute Gasteiger partial charge is 0.307 e. The van der Waals surface area contributed by atoms with E-state index in [2.05, 4.69) is 15.2 Å². The summed E-state index contributed by atoms with van der Waals surface area (Å²) in [4.78, 5) is 33.7. The van der Waals surface area contributed by atoms with Crippen LogP contribution in [0.25, 0.3) is 0 Å². The van der Waals surface area contributed by atoms with Gasteiger partial charge in [0.05, 0.1) is 24.5 Å². The van der Waals surface area contributed by atoms with Crippen molar-refractivity contribution in [1.82, 2.24) is 15.1 Å². The Morgan fingerprint density at radius 1 is 1.38 bits per heavy atom. The maximum absolute atomic E-state index is 12.2. The SMILES string of the molecule is COC(=O)CC(NC(=O)Cn1cc([N+](=O)[O-])cn1)c1ccccc1. The van der Waals surface area contributed by atoms with Gasteiger partial charge in [-0.15, -0.1) is 0 Å². The van der Waals surface area contributed by atoms with Crippen LogP contribution >= 0.6 is 0 Å². The number of carbonyl (C=O) groups is 2. The molecule has 0 saturated heterocycles. The number of esters is 1. The zero-order valence-electron chi connectivity index (χ0n) is 12.9. The molecule has 0 aliphatic rings. The molecular formula is C15H16N4O5. The first-order valence-corrected chi connectivity index (χ1v) is 7.07. The van der Waals surface area contributed by atoms with E-state index in [-0.39, 0.29) is 18.7 Å². The van der Waals surface area contributed by atoms with Gasteiger partial charge < -0.3 is 10.1 Å². The van der Waals surface area contributed by atoms with E-state index in [0.29, 0.717) is 0 Å². The normalized spacial score (nSPS) is 11.5. The molecule has 0 radical (unpaired) electrons. The van der Waals surface area contributed by atoms with Crippen LogP contribution in [0.5, 0.6) is 0 Å². The third-order valence-corrected chi connectivity index (χ3v) is 3.27. The van der Waals surface area contributed by atoms with Crippen LogP contribution in [0.15, 0.2) is 42.7 Å². The largest absolute Gasteiger partial charge is 0.469 e. The third-order valence-electron chi connectivity index (χ3n) is 3.27.